The van der Waals surface area contributed by atoms with E-state index in [4.69, 9.17) is 0 Å². The largest absolute Gasteiger partial charge is 0.367 e. The van der Waals surface area contributed by atoms with E-state index in [1.807, 2.05) is 51.3 Å². The fourth-order valence-electron chi connectivity index (χ4n) is 1.94. The number of hydrogen-bond donors (Lipinski definition) is 1. The summed E-state index contributed by atoms with van der Waals surface area (Å²) in [7, 11) is 0. The van der Waals surface area contributed by atoms with Gasteiger partial charge >= 0.3 is 0 Å². The minimum atomic E-state index is 0.201. The van der Waals surface area contributed by atoms with Crippen molar-refractivity contribution in [2.24, 2.45) is 0 Å². The molecule has 0 saturated carbocycles. The molecule has 0 unspecified atom stereocenters. The zero-order valence-corrected chi connectivity index (χ0v) is 13.5. The van der Waals surface area contributed by atoms with Crippen molar-refractivity contribution in [1.82, 2.24) is 9.97 Å². The number of nitriles is 1. The summed E-state index contributed by atoms with van der Waals surface area (Å²) in [5, 5.41) is 13.4. The Hall–Kier alpha value is -2.06. The molecule has 0 bridgehead atoms. The Morgan fingerprint density at radius 2 is 1.86 bits per heavy atom. The Labute approximate surface area is 129 Å². The third-order valence-electron chi connectivity index (χ3n) is 2.93. The molecule has 0 spiro atoms. The molecule has 0 saturated heterocycles. The highest BCUT2D eigenvalue weighted by Crippen LogP contribution is 2.28. The second-order valence-corrected chi connectivity index (χ2v) is 5.83. The highest BCUT2D eigenvalue weighted by Gasteiger charge is 2.16. The van der Waals surface area contributed by atoms with E-state index in [2.05, 4.69) is 21.4 Å². The van der Waals surface area contributed by atoms with Gasteiger partial charge in [0.1, 0.15) is 17.5 Å². The summed E-state index contributed by atoms with van der Waals surface area (Å²) in [6.07, 6.45) is 1.93. The lowest BCUT2D eigenvalue weighted by atomic mass is 10.1. The van der Waals surface area contributed by atoms with Crippen molar-refractivity contribution in [3.8, 4) is 17.3 Å². The van der Waals surface area contributed by atoms with Crippen LogP contribution in [0.3, 0.4) is 0 Å². The van der Waals surface area contributed by atoms with Crippen molar-refractivity contribution in [3.05, 3.63) is 35.4 Å². The van der Waals surface area contributed by atoms with Gasteiger partial charge in [-0.3, -0.25) is 0 Å². The minimum Gasteiger partial charge on any atom is -0.367 e. The molecule has 108 valence electrons. The Kier molecular flexibility index (Phi) is 4.81. The molecular weight excluding hydrogens is 280 g/mol. The van der Waals surface area contributed by atoms with Crippen LogP contribution in [0.5, 0.6) is 0 Å². The molecule has 21 heavy (non-hydrogen) atoms. The molecule has 0 atom stereocenters. The molecule has 1 aromatic heterocycles. The van der Waals surface area contributed by atoms with Crippen LogP contribution < -0.4 is 5.32 Å². The summed E-state index contributed by atoms with van der Waals surface area (Å²) in [4.78, 5) is 8.94. The first-order valence-corrected chi connectivity index (χ1v) is 7.97. The van der Waals surface area contributed by atoms with E-state index in [0.717, 1.165) is 5.56 Å². The van der Waals surface area contributed by atoms with Gasteiger partial charge in [0, 0.05) is 11.6 Å². The fourth-order valence-corrected chi connectivity index (χ4v) is 2.30. The minimum absolute atomic E-state index is 0.201. The smallest absolute Gasteiger partial charge is 0.189 e. The Morgan fingerprint density at radius 3 is 2.38 bits per heavy atom. The van der Waals surface area contributed by atoms with Crippen LogP contribution in [0.1, 0.15) is 25.0 Å². The third kappa shape index (κ3) is 3.53. The molecule has 4 nitrogen and oxygen atoms in total. The molecule has 2 aromatic rings. The topological polar surface area (TPSA) is 61.6 Å². The van der Waals surface area contributed by atoms with E-state index >= 15 is 0 Å². The maximum Gasteiger partial charge on any atom is 0.189 e. The van der Waals surface area contributed by atoms with Gasteiger partial charge in [-0.25, -0.2) is 9.97 Å². The molecule has 5 heteroatoms. The highest BCUT2D eigenvalue weighted by atomic mass is 32.2. The lowest BCUT2D eigenvalue weighted by molar-refractivity contribution is 0.866. The van der Waals surface area contributed by atoms with Crippen LogP contribution in [0, 0.1) is 18.3 Å². The van der Waals surface area contributed by atoms with Gasteiger partial charge in [-0.05, 0) is 27.0 Å². The van der Waals surface area contributed by atoms with E-state index < -0.39 is 0 Å². The number of rotatable bonds is 4. The van der Waals surface area contributed by atoms with Crippen LogP contribution in [0.15, 0.2) is 29.4 Å². The first-order valence-electron chi connectivity index (χ1n) is 6.75. The first-order chi connectivity index (χ1) is 10.0. The summed E-state index contributed by atoms with van der Waals surface area (Å²) in [5.41, 5.74) is 3.28. The summed E-state index contributed by atoms with van der Waals surface area (Å²) in [6.45, 7) is 6.08. The van der Waals surface area contributed by atoms with E-state index in [0.29, 0.717) is 22.2 Å². The summed E-state index contributed by atoms with van der Waals surface area (Å²) < 4.78 is 0. The molecule has 1 heterocycles. The maximum atomic E-state index is 9.51. The van der Waals surface area contributed by atoms with Crippen molar-refractivity contribution in [2.75, 3.05) is 11.6 Å². The van der Waals surface area contributed by atoms with Crippen molar-refractivity contribution >= 4 is 17.6 Å². The lowest BCUT2D eigenvalue weighted by Crippen LogP contribution is -2.14. The molecule has 0 aliphatic rings. The molecule has 2 rings (SSSR count). The highest BCUT2D eigenvalue weighted by molar-refractivity contribution is 7.98. The molecule has 0 amide bonds. The van der Waals surface area contributed by atoms with Crippen LogP contribution in [0.25, 0.3) is 11.3 Å². The zero-order chi connectivity index (χ0) is 15.4. The fraction of sp³-hybridized carbons (Fsp3) is 0.312. The standard InChI is InChI=1S/C16H18N4S/c1-10(2)18-15-13(9-17)14(19-16(20-15)21-4)12-7-5-11(3)6-8-12/h5-8,10H,1-4H3,(H,18,19,20). The Balaban J connectivity index is 2.63. The van der Waals surface area contributed by atoms with E-state index in [-0.39, 0.29) is 6.04 Å². The van der Waals surface area contributed by atoms with E-state index in [1.54, 1.807) is 0 Å². The van der Waals surface area contributed by atoms with Crippen LogP contribution >= 0.6 is 11.8 Å². The van der Waals surface area contributed by atoms with Gasteiger partial charge < -0.3 is 5.32 Å². The average molecular weight is 298 g/mol. The molecule has 0 fully saturated rings. The Morgan fingerprint density at radius 1 is 1.19 bits per heavy atom. The number of aryl methyl sites for hydroxylation is 1. The second kappa shape index (κ2) is 6.59. The first kappa shape index (κ1) is 15.3. The van der Waals surface area contributed by atoms with Gasteiger partial charge in [0.05, 0.1) is 5.69 Å². The average Bonchev–Trinajstić information content (AvgIpc) is 2.46. The van der Waals surface area contributed by atoms with Crippen LogP contribution in [-0.2, 0) is 0 Å². The van der Waals surface area contributed by atoms with Crippen molar-refractivity contribution < 1.29 is 0 Å². The second-order valence-electron chi connectivity index (χ2n) is 5.06. The van der Waals surface area contributed by atoms with E-state index in [1.165, 1.54) is 17.3 Å². The number of anilines is 1. The van der Waals surface area contributed by atoms with Gasteiger partial charge in [-0.2, -0.15) is 5.26 Å². The van der Waals surface area contributed by atoms with Gasteiger partial charge in [-0.15, -0.1) is 0 Å². The number of hydrogen-bond acceptors (Lipinski definition) is 5. The summed E-state index contributed by atoms with van der Waals surface area (Å²) >= 11 is 1.47. The quantitative estimate of drug-likeness (QED) is 0.686. The third-order valence-corrected chi connectivity index (χ3v) is 3.48. The van der Waals surface area contributed by atoms with Crippen molar-refractivity contribution in [1.29, 1.82) is 5.26 Å². The number of benzene rings is 1. The zero-order valence-electron chi connectivity index (χ0n) is 12.6. The van der Waals surface area contributed by atoms with Crippen molar-refractivity contribution in [2.45, 2.75) is 32.0 Å². The SMILES string of the molecule is CSc1nc(NC(C)C)c(C#N)c(-c2ccc(C)cc2)n1. The number of aromatic nitrogens is 2. The molecule has 0 aliphatic carbocycles. The van der Waals surface area contributed by atoms with Gasteiger partial charge in [0.2, 0.25) is 0 Å². The molecule has 1 N–H and O–H groups in total. The molecule has 1 aromatic carbocycles. The van der Waals surface area contributed by atoms with Crippen LogP contribution in [0.4, 0.5) is 5.82 Å². The van der Waals surface area contributed by atoms with Gasteiger partial charge in [0.25, 0.3) is 0 Å². The monoisotopic (exact) mass is 298 g/mol. The normalized spacial score (nSPS) is 10.5. The maximum absolute atomic E-state index is 9.51. The van der Waals surface area contributed by atoms with E-state index in [9.17, 15) is 5.26 Å². The predicted molar refractivity (Wildman–Crippen MR) is 87.5 cm³/mol. The molecule has 0 radical (unpaired) electrons. The van der Waals surface area contributed by atoms with Crippen LogP contribution in [-0.4, -0.2) is 22.3 Å². The number of nitrogens with zero attached hydrogens (tertiary/aromatic N) is 3. The summed E-state index contributed by atoms with van der Waals surface area (Å²) in [6, 6.07) is 10.5. The lowest BCUT2D eigenvalue weighted by Gasteiger charge is -2.14. The summed E-state index contributed by atoms with van der Waals surface area (Å²) in [5.74, 6) is 0.599. The van der Waals surface area contributed by atoms with Crippen LogP contribution in [0.2, 0.25) is 0 Å². The molecule has 0 aliphatic heterocycles. The molecular formula is C16H18N4S. The van der Waals surface area contributed by atoms with Gasteiger partial charge in [-0.1, -0.05) is 41.6 Å². The number of thioether (sulfide) groups is 1. The Bertz CT molecular complexity index is 672. The van der Waals surface area contributed by atoms with Crippen molar-refractivity contribution in [3.63, 3.8) is 0 Å². The number of nitrogens with one attached hydrogen (secondary N) is 1. The van der Waals surface area contributed by atoms with Gasteiger partial charge in [0.15, 0.2) is 5.16 Å². The predicted octanol–water partition coefficient (Wildman–Crippen LogP) is 3.87.